The normalized spacial score (nSPS) is 12.4. The lowest BCUT2D eigenvalue weighted by atomic mass is 10.2. The largest absolute Gasteiger partial charge is 0.417 e. The highest BCUT2D eigenvalue weighted by Gasteiger charge is 2.31. The molecule has 1 amide bonds. The van der Waals surface area contributed by atoms with Gasteiger partial charge in [0.05, 0.1) is 12.2 Å². The van der Waals surface area contributed by atoms with Gasteiger partial charge in [-0.2, -0.15) is 13.2 Å². The highest BCUT2D eigenvalue weighted by atomic mass is 35.5. The van der Waals surface area contributed by atoms with Crippen molar-refractivity contribution >= 4 is 24.0 Å². The van der Waals surface area contributed by atoms with Crippen LogP contribution >= 0.6 is 12.4 Å². The molecule has 0 saturated carbocycles. The molecular weight excluding hydrogens is 303 g/mol. The Hall–Kier alpha value is -1.58. The molecule has 0 aliphatic carbocycles. The molecule has 0 radical (unpaired) electrons. The van der Waals surface area contributed by atoms with Crippen LogP contribution in [0.1, 0.15) is 5.56 Å². The van der Waals surface area contributed by atoms with E-state index in [9.17, 15) is 22.8 Å². The number of halogens is 4. The Morgan fingerprint density at radius 3 is 2.65 bits per heavy atom. The van der Waals surface area contributed by atoms with Gasteiger partial charge in [0.15, 0.2) is 0 Å². The molecule has 0 aromatic carbocycles. The topological polar surface area (TPSA) is 97.2 Å². The number of hydrogen-bond acceptors (Lipinski definition) is 4. The molecule has 1 rings (SSSR count). The quantitative estimate of drug-likeness (QED) is 0.763. The van der Waals surface area contributed by atoms with Crippen LogP contribution in [-0.4, -0.2) is 30.6 Å². The first kappa shape index (κ1) is 18.4. The van der Waals surface area contributed by atoms with Crippen LogP contribution in [0.15, 0.2) is 17.1 Å². The summed E-state index contributed by atoms with van der Waals surface area (Å²) in [5.41, 5.74) is 2.92. The molecule has 0 aliphatic rings. The molecule has 20 heavy (non-hydrogen) atoms. The number of methoxy groups -OCH3 is 1. The SMILES string of the molecule is COCC(N)C(=O)Nc1cc(C(F)(F)F)c[nH]c1=O.Cl. The average Bonchev–Trinajstić information content (AvgIpc) is 2.30. The van der Waals surface area contributed by atoms with Crippen molar-refractivity contribution in [3.8, 4) is 0 Å². The van der Waals surface area contributed by atoms with Crippen LogP contribution in [0, 0.1) is 0 Å². The number of nitrogens with two attached hydrogens (primary N) is 1. The van der Waals surface area contributed by atoms with Crippen molar-refractivity contribution in [1.29, 1.82) is 0 Å². The standard InChI is InChI=1S/C10H12F3N3O3.ClH/c1-19-4-6(14)8(17)16-7-2-5(10(11,12)13)3-15-9(7)18;/h2-3,6H,4,14H2,1H3,(H,15,18)(H,16,17);1H. The van der Waals surface area contributed by atoms with E-state index in [-0.39, 0.29) is 19.0 Å². The fraction of sp³-hybridized carbons (Fsp3) is 0.400. The maximum absolute atomic E-state index is 12.4. The van der Waals surface area contributed by atoms with Crippen molar-refractivity contribution in [3.63, 3.8) is 0 Å². The van der Waals surface area contributed by atoms with Gasteiger partial charge in [-0.25, -0.2) is 0 Å². The van der Waals surface area contributed by atoms with E-state index < -0.39 is 34.9 Å². The van der Waals surface area contributed by atoms with Gasteiger partial charge >= 0.3 is 6.18 Å². The zero-order chi connectivity index (χ0) is 14.6. The smallest absolute Gasteiger partial charge is 0.383 e. The summed E-state index contributed by atoms with van der Waals surface area (Å²) in [5, 5.41) is 2.02. The minimum atomic E-state index is -4.63. The number of nitrogens with one attached hydrogen (secondary N) is 2. The zero-order valence-corrected chi connectivity index (χ0v) is 11.1. The van der Waals surface area contributed by atoms with Gasteiger partial charge < -0.3 is 20.8 Å². The summed E-state index contributed by atoms with van der Waals surface area (Å²) in [6, 6.07) is -0.546. The number of alkyl halides is 3. The Morgan fingerprint density at radius 2 is 2.15 bits per heavy atom. The van der Waals surface area contributed by atoms with Crippen LogP contribution in [0.2, 0.25) is 0 Å². The van der Waals surface area contributed by atoms with Crippen LogP contribution in [-0.2, 0) is 15.7 Å². The zero-order valence-electron chi connectivity index (χ0n) is 10.3. The van der Waals surface area contributed by atoms with Crippen LogP contribution in [0.5, 0.6) is 0 Å². The monoisotopic (exact) mass is 315 g/mol. The summed E-state index contributed by atoms with van der Waals surface area (Å²) < 4.78 is 41.9. The highest BCUT2D eigenvalue weighted by molar-refractivity contribution is 5.94. The number of carbonyl (C=O) groups is 1. The number of aromatic nitrogens is 1. The summed E-state index contributed by atoms with van der Waals surface area (Å²) in [6.45, 7) is -0.122. The molecule has 114 valence electrons. The second-order valence-electron chi connectivity index (χ2n) is 3.68. The second-order valence-corrected chi connectivity index (χ2v) is 3.68. The summed E-state index contributed by atoms with van der Waals surface area (Å²) in [6.07, 6.45) is -4.11. The van der Waals surface area contributed by atoms with Crippen molar-refractivity contribution < 1.29 is 22.7 Å². The van der Waals surface area contributed by atoms with Crippen molar-refractivity contribution in [2.24, 2.45) is 5.73 Å². The summed E-state index contributed by atoms with van der Waals surface area (Å²) in [4.78, 5) is 24.7. The number of ether oxygens (including phenoxy) is 1. The number of rotatable bonds is 4. The number of pyridine rings is 1. The van der Waals surface area contributed by atoms with E-state index in [2.05, 4.69) is 4.74 Å². The van der Waals surface area contributed by atoms with Crippen LogP contribution in [0.3, 0.4) is 0 Å². The summed E-state index contributed by atoms with van der Waals surface area (Å²) in [7, 11) is 1.31. The molecule has 4 N–H and O–H groups in total. The van der Waals surface area contributed by atoms with Gasteiger partial charge in [0, 0.05) is 13.3 Å². The number of hydrogen-bond donors (Lipinski definition) is 3. The molecule has 0 fully saturated rings. The molecule has 0 aliphatic heterocycles. The molecule has 0 bridgehead atoms. The molecule has 1 aromatic rings. The van der Waals surface area contributed by atoms with E-state index in [1.165, 1.54) is 7.11 Å². The van der Waals surface area contributed by atoms with Gasteiger partial charge in [0.25, 0.3) is 5.56 Å². The lowest BCUT2D eigenvalue weighted by molar-refractivity contribution is -0.137. The third-order valence-electron chi connectivity index (χ3n) is 2.17. The average molecular weight is 316 g/mol. The third kappa shape index (κ3) is 4.83. The Kier molecular flexibility index (Phi) is 6.69. The van der Waals surface area contributed by atoms with E-state index in [0.717, 1.165) is 0 Å². The van der Waals surface area contributed by atoms with Gasteiger partial charge in [0.2, 0.25) is 5.91 Å². The van der Waals surface area contributed by atoms with E-state index in [1.54, 1.807) is 0 Å². The Balaban J connectivity index is 0.00000361. The molecule has 0 spiro atoms. The van der Waals surface area contributed by atoms with Crippen molar-refractivity contribution in [2.75, 3.05) is 19.0 Å². The number of aromatic amines is 1. The number of H-pyrrole nitrogens is 1. The first-order valence-electron chi connectivity index (χ1n) is 5.11. The molecule has 1 heterocycles. The predicted octanol–water partition coefficient (Wildman–Crippen LogP) is 0.728. The summed E-state index contributed by atoms with van der Waals surface area (Å²) >= 11 is 0. The number of carbonyl (C=O) groups excluding carboxylic acids is 1. The van der Waals surface area contributed by atoms with Gasteiger partial charge in [-0.15, -0.1) is 12.4 Å². The molecule has 1 aromatic heterocycles. The van der Waals surface area contributed by atoms with Crippen LogP contribution < -0.4 is 16.6 Å². The highest BCUT2D eigenvalue weighted by Crippen LogP contribution is 2.29. The Morgan fingerprint density at radius 1 is 1.55 bits per heavy atom. The fourth-order valence-electron chi connectivity index (χ4n) is 1.22. The van der Waals surface area contributed by atoms with Crippen molar-refractivity contribution in [2.45, 2.75) is 12.2 Å². The third-order valence-corrected chi connectivity index (χ3v) is 2.17. The molecule has 0 saturated heterocycles. The minimum Gasteiger partial charge on any atom is -0.383 e. The van der Waals surface area contributed by atoms with Gasteiger partial charge in [-0.3, -0.25) is 9.59 Å². The van der Waals surface area contributed by atoms with E-state index in [4.69, 9.17) is 5.73 Å². The summed E-state index contributed by atoms with van der Waals surface area (Å²) in [5.74, 6) is -0.813. The van der Waals surface area contributed by atoms with Gasteiger partial charge in [-0.1, -0.05) is 0 Å². The number of amides is 1. The van der Waals surface area contributed by atoms with E-state index in [0.29, 0.717) is 12.3 Å². The van der Waals surface area contributed by atoms with Crippen LogP contribution in [0.4, 0.5) is 18.9 Å². The Bertz CT molecular complexity index is 518. The first-order valence-corrected chi connectivity index (χ1v) is 5.11. The predicted molar refractivity (Wildman–Crippen MR) is 67.8 cm³/mol. The van der Waals surface area contributed by atoms with E-state index in [1.807, 2.05) is 10.3 Å². The van der Waals surface area contributed by atoms with E-state index >= 15 is 0 Å². The maximum atomic E-state index is 12.4. The maximum Gasteiger partial charge on any atom is 0.417 e. The lowest BCUT2D eigenvalue weighted by Crippen LogP contribution is -2.40. The Labute approximate surface area is 117 Å². The molecule has 1 unspecified atom stereocenters. The van der Waals surface area contributed by atoms with Gasteiger partial charge in [0.1, 0.15) is 11.7 Å². The van der Waals surface area contributed by atoms with Crippen molar-refractivity contribution in [1.82, 2.24) is 4.98 Å². The molecule has 1 atom stereocenters. The first-order chi connectivity index (χ1) is 8.75. The molecular formula is C10H13ClF3N3O3. The van der Waals surface area contributed by atoms with Crippen LogP contribution in [0.25, 0.3) is 0 Å². The fourth-order valence-corrected chi connectivity index (χ4v) is 1.22. The lowest BCUT2D eigenvalue weighted by Gasteiger charge is -2.12. The van der Waals surface area contributed by atoms with Crippen molar-refractivity contribution in [3.05, 3.63) is 28.2 Å². The number of anilines is 1. The molecule has 6 nitrogen and oxygen atoms in total. The molecule has 10 heteroatoms. The van der Waals surface area contributed by atoms with Gasteiger partial charge in [-0.05, 0) is 6.07 Å². The minimum absolute atomic E-state index is 0. The second kappa shape index (κ2) is 7.27.